The van der Waals surface area contributed by atoms with Crippen LogP contribution in [-0.4, -0.2) is 12.1 Å². The first-order chi connectivity index (χ1) is 5.70. The van der Waals surface area contributed by atoms with Crippen LogP contribution in [0.3, 0.4) is 0 Å². The van der Waals surface area contributed by atoms with Crippen LogP contribution in [0.25, 0.3) is 0 Å². The Balaban J connectivity index is 2.53. The maximum atomic E-state index is 5.66. The molecule has 1 unspecified atom stereocenters. The number of rotatable bonds is 3. The monoisotopic (exact) mass is 165 g/mol. The van der Waals surface area contributed by atoms with E-state index in [-0.39, 0.29) is 12.1 Å². The van der Waals surface area contributed by atoms with Crippen LogP contribution >= 0.6 is 0 Å². The Bertz CT molecular complexity index is 221. The highest BCUT2D eigenvalue weighted by molar-refractivity contribution is 5.21. The molecule has 1 aromatic rings. The summed E-state index contributed by atoms with van der Waals surface area (Å²) in [6.07, 6.45) is 0.0624. The van der Waals surface area contributed by atoms with Crippen LogP contribution in [0.4, 0.5) is 0 Å². The van der Waals surface area contributed by atoms with E-state index in [2.05, 4.69) is 0 Å². The molecule has 0 fully saturated rings. The van der Waals surface area contributed by atoms with Crippen LogP contribution in [0.1, 0.15) is 13.8 Å². The van der Waals surface area contributed by atoms with Gasteiger partial charge in [-0.2, -0.15) is 0 Å². The second-order valence-electron chi connectivity index (χ2n) is 3.00. The highest BCUT2D eigenvalue weighted by atomic mass is 16.5. The Morgan fingerprint density at radius 1 is 1.17 bits per heavy atom. The quantitative estimate of drug-likeness (QED) is 0.741. The lowest BCUT2D eigenvalue weighted by atomic mass is 10.2. The molecule has 0 spiro atoms. The van der Waals surface area contributed by atoms with Gasteiger partial charge in [-0.3, -0.25) is 0 Å². The number of para-hydroxylation sites is 1. The molecule has 0 bridgehead atoms. The van der Waals surface area contributed by atoms with E-state index in [0.717, 1.165) is 5.75 Å². The van der Waals surface area contributed by atoms with E-state index in [9.17, 15) is 0 Å². The maximum absolute atomic E-state index is 5.66. The van der Waals surface area contributed by atoms with Crippen molar-refractivity contribution in [1.29, 1.82) is 0 Å². The van der Waals surface area contributed by atoms with Crippen LogP contribution < -0.4 is 10.5 Å². The summed E-state index contributed by atoms with van der Waals surface area (Å²) in [5, 5.41) is 0. The van der Waals surface area contributed by atoms with E-state index in [1.165, 1.54) is 0 Å². The molecule has 0 heterocycles. The zero-order valence-electron chi connectivity index (χ0n) is 7.53. The summed E-state index contributed by atoms with van der Waals surface area (Å²) < 4.78 is 5.55. The molecule has 0 amide bonds. The molecular weight excluding hydrogens is 150 g/mol. The molecule has 2 atom stereocenters. The molecular formula is C10H15NO. The molecule has 1 rings (SSSR count). The third-order valence-corrected chi connectivity index (χ3v) is 1.81. The van der Waals surface area contributed by atoms with Gasteiger partial charge in [0.1, 0.15) is 11.9 Å². The standard InChI is InChI=1S/C10H15NO/c1-8(11)9(2)12-10-6-4-3-5-7-10/h3-9H,11H2,1-2H3/t8-,9?/m0/s1. The van der Waals surface area contributed by atoms with E-state index < -0.39 is 0 Å². The molecule has 2 N–H and O–H groups in total. The van der Waals surface area contributed by atoms with Crippen molar-refractivity contribution in [2.45, 2.75) is 26.0 Å². The first-order valence-electron chi connectivity index (χ1n) is 4.17. The van der Waals surface area contributed by atoms with Crippen molar-refractivity contribution in [1.82, 2.24) is 0 Å². The van der Waals surface area contributed by atoms with E-state index in [4.69, 9.17) is 10.5 Å². The Morgan fingerprint density at radius 2 is 1.75 bits per heavy atom. The summed E-state index contributed by atoms with van der Waals surface area (Å²) in [6, 6.07) is 9.78. The number of hydrogen-bond acceptors (Lipinski definition) is 2. The molecule has 66 valence electrons. The summed E-state index contributed by atoms with van der Waals surface area (Å²) >= 11 is 0. The molecule has 2 heteroatoms. The van der Waals surface area contributed by atoms with Crippen LogP contribution in [0.2, 0.25) is 0 Å². The van der Waals surface area contributed by atoms with Gasteiger partial charge >= 0.3 is 0 Å². The Hall–Kier alpha value is -1.02. The van der Waals surface area contributed by atoms with Gasteiger partial charge in [-0.1, -0.05) is 18.2 Å². The first kappa shape index (κ1) is 9.07. The van der Waals surface area contributed by atoms with Crippen molar-refractivity contribution in [3.8, 4) is 5.75 Å². The predicted octanol–water partition coefficient (Wildman–Crippen LogP) is 1.80. The van der Waals surface area contributed by atoms with Crippen LogP contribution in [0.15, 0.2) is 30.3 Å². The average molecular weight is 165 g/mol. The first-order valence-corrected chi connectivity index (χ1v) is 4.17. The number of hydrogen-bond donors (Lipinski definition) is 1. The second kappa shape index (κ2) is 4.12. The van der Waals surface area contributed by atoms with E-state index in [1.807, 2.05) is 44.2 Å². The number of nitrogens with two attached hydrogens (primary N) is 1. The topological polar surface area (TPSA) is 35.2 Å². The smallest absolute Gasteiger partial charge is 0.119 e. The minimum absolute atomic E-state index is 0.0604. The fourth-order valence-electron chi connectivity index (χ4n) is 0.821. The molecule has 0 aliphatic rings. The molecule has 0 aliphatic heterocycles. The lowest BCUT2D eigenvalue weighted by Crippen LogP contribution is -2.33. The summed E-state index contributed by atoms with van der Waals surface area (Å²) in [7, 11) is 0. The summed E-state index contributed by atoms with van der Waals surface area (Å²) in [4.78, 5) is 0. The Kier molecular flexibility index (Phi) is 3.11. The average Bonchev–Trinajstić information content (AvgIpc) is 2.06. The molecule has 2 nitrogen and oxygen atoms in total. The van der Waals surface area contributed by atoms with Crippen molar-refractivity contribution in [2.75, 3.05) is 0 Å². The van der Waals surface area contributed by atoms with Crippen LogP contribution in [-0.2, 0) is 0 Å². The molecule has 0 aliphatic carbocycles. The van der Waals surface area contributed by atoms with Gasteiger partial charge in [0.15, 0.2) is 0 Å². The Labute approximate surface area is 73.3 Å². The van der Waals surface area contributed by atoms with E-state index >= 15 is 0 Å². The largest absolute Gasteiger partial charge is 0.489 e. The van der Waals surface area contributed by atoms with Crippen molar-refractivity contribution >= 4 is 0 Å². The normalized spacial score (nSPS) is 15.2. The fourth-order valence-corrected chi connectivity index (χ4v) is 0.821. The number of ether oxygens (including phenoxy) is 1. The van der Waals surface area contributed by atoms with Gasteiger partial charge in [-0.25, -0.2) is 0 Å². The zero-order chi connectivity index (χ0) is 8.97. The van der Waals surface area contributed by atoms with E-state index in [1.54, 1.807) is 0 Å². The predicted molar refractivity (Wildman–Crippen MR) is 50.2 cm³/mol. The molecule has 0 radical (unpaired) electrons. The summed E-state index contributed by atoms with van der Waals surface area (Å²) in [5.41, 5.74) is 5.66. The minimum Gasteiger partial charge on any atom is -0.489 e. The fraction of sp³-hybridized carbons (Fsp3) is 0.400. The third-order valence-electron chi connectivity index (χ3n) is 1.81. The van der Waals surface area contributed by atoms with Crippen LogP contribution in [0, 0.1) is 0 Å². The highest BCUT2D eigenvalue weighted by Crippen LogP contribution is 2.11. The van der Waals surface area contributed by atoms with Crippen molar-refractivity contribution in [3.05, 3.63) is 30.3 Å². The van der Waals surface area contributed by atoms with Gasteiger partial charge in [-0.05, 0) is 26.0 Å². The Morgan fingerprint density at radius 3 is 2.25 bits per heavy atom. The SMILES string of the molecule is CC(Oc1ccccc1)[C@H](C)N. The number of benzene rings is 1. The third kappa shape index (κ3) is 2.55. The lowest BCUT2D eigenvalue weighted by Gasteiger charge is -2.17. The molecule has 12 heavy (non-hydrogen) atoms. The highest BCUT2D eigenvalue weighted by Gasteiger charge is 2.07. The summed E-state index contributed by atoms with van der Waals surface area (Å²) in [6.45, 7) is 3.91. The molecule has 0 aromatic heterocycles. The second-order valence-corrected chi connectivity index (χ2v) is 3.00. The molecule has 0 saturated heterocycles. The van der Waals surface area contributed by atoms with Crippen molar-refractivity contribution in [3.63, 3.8) is 0 Å². The van der Waals surface area contributed by atoms with Crippen molar-refractivity contribution < 1.29 is 4.74 Å². The molecule has 0 saturated carbocycles. The van der Waals surface area contributed by atoms with Gasteiger partial charge in [0.25, 0.3) is 0 Å². The summed E-state index contributed by atoms with van der Waals surface area (Å²) in [5.74, 6) is 0.877. The maximum Gasteiger partial charge on any atom is 0.119 e. The van der Waals surface area contributed by atoms with Crippen molar-refractivity contribution in [2.24, 2.45) is 5.73 Å². The van der Waals surface area contributed by atoms with E-state index in [0.29, 0.717) is 0 Å². The van der Waals surface area contributed by atoms with Gasteiger partial charge < -0.3 is 10.5 Å². The van der Waals surface area contributed by atoms with Gasteiger partial charge in [0, 0.05) is 6.04 Å². The van der Waals surface area contributed by atoms with Crippen LogP contribution in [0.5, 0.6) is 5.75 Å². The molecule has 1 aromatic carbocycles. The lowest BCUT2D eigenvalue weighted by molar-refractivity contribution is 0.196. The van der Waals surface area contributed by atoms with Gasteiger partial charge in [0.05, 0.1) is 0 Å². The van der Waals surface area contributed by atoms with Gasteiger partial charge in [-0.15, -0.1) is 0 Å². The minimum atomic E-state index is 0.0604. The van der Waals surface area contributed by atoms with Gasteiger partial charge in [0.2, 0.25) is 0 Å². The zero-order valence-corrected chi connectivity index (χ0v) is 7.53.